The SMILES string of the molecule is NCCCN(C1CCCC1)C1CCCCNC1=O. The minimum absolute atomic E-state index is 0.0992. The van der Waals surface area contributed by atoms with Crippen LogP contribution < -0.4 is 11.1 Å². The maximum absolute atomic E-state index is 12.2. The molecule has 104 valence electrons. The first kappa shape index (κ1) is 13.8. The first-order valence-electron chi connectivity index (χ1n) is 7.56. The van der Waals surface area contributed by atoms with Crippen molar-refractivity contribution >= 4 is 5.91 Å². The van der Waals surface area contributed by atoms with Crippen LogP contribution in [-0.2, 0) is 4.79 Å². The molecule has 2 fully saturated rings. The second-order valence-corrected chi connectivity index (χ2v) is 5.62. The molecule has 18 heavy (non-hydrogen) atoms. The van der Waals surface area contributed by atoms with Crippen LogP contribution in [0.3, 0.4) is 0 Å². The molecule has 1 aliphatic heterocycles. The monoisotopic (exact) mass is 253 g/mol. The Balaban J connectivity index is 2.02. The third-order valence-corrected chi connectivity index (χ3v) is 4.32. The highest BCUT2D eigenvalue weighted by atomic mass is 16.2. The highest BCUT2D eigenvalue weighted by Gasteiger charge is 2.32. The average Bonchev–Trinajstić information content (AvgIpc) is 2.82. The Morgan fingerprint density at radius 2 is 1.89 bits per heavy atom. The fourth-order valence-corrected chi connectivity index (χ4v) is 3.34. The van der Waals surface area contributed by atoms with Crippen molar-refractivity contribution in [2.24, 2.45) is 5.73 Å². The van der Waals surface area contributed by atoms with Crippen molar-refractivity contribution in [1.29, 1.82) is 0 Å². The van der Waals surface area contributed by atoms with Crippen LogP contribution in [0.1, 0.15) is 51.4 Å². The van der Waals surface area contributed by atoms with Gasteiger partial charge >= 0.3 is 0 Å². The molecule has 0 aromatic rings. The van der Waals surface area contributed by atoms with E-state index in [9.17, 15) is 4.79 Å². The van der Waals surface area contributed by atoms with Crippen LogP contribution in [-0.4, -0.2) is 42.5 Å². The molecule has 1 heterocycles. The number of carbonyl (C=O) groups is 1. The summed E-state index contributed by atoms with van der Waals surface area (Å²) in [6.45, 7) is 2.56. The average molecular weight is 253 g/mol. The molecular formula is C14H27N3O. The van der Waals surface area contributed by atoms with Gasteiger partial charge in [-0.25, -0.2) is 0 Å². The Bertz CT molecular complexity index is 264. The summed E-state index contributed by atoms with van der Waals surface area (Å²) in [5, 5.41) is 3.06. The smallest absolute Gasteiger partial charge is 0.237 e. The second-order valence-electron chi connectivity index (χ2n) is 5.62. The zero-order valence-electron chi connectivity index (χ0n) is 11.4. The number of amides is 1. The lowest BCUT2D eigenvalue weighted by atomic mass is 10.0. The van der Waals surface area contributed by atoms with E-state index >= 15 is 0 Å². The second kappa shape index (κ2) is 7.10. The molecule has 0 radical (unpaired) electrons. The quantitative estimate of drug-likeness (QED) is 0.775. The molecule has 0 spiro atoms. The van der Waals surface area contributed by atoms with Crippen LogP contribution in [0, 0.1) is 0 Å². The van der Waals surface area contributed by atoms with E-state index in [-0.39, 0.29) is 11.9 Å². The van der Waals surface area contributed by atoms with Crippen molar-refractivity contribution in [1.82, 2.24) is 10.2 Å². The number of nitrogens with two attached hydrogens (primary N) is 1. The highest BCUT2D eigenvalue weighted by molar-refractivity contribution is 5.82. The van der Waals surface area contributed by atoms with Gasteiger partial charge in [-0.1, -0.05) is 12.8 Å². The molecule has 1 atom stereocenters. The van der Waals surface area contributed by atoms with Crippen LogP contribution in [0.4, 0.5) is 0 Å². The van der Waals surface area contributed by atoms with E-state index in [2.05, 4.69) is 10.2 Å². The molecule has 1 saturated carbocycles. The van der Waals surface area contributed by atoms with E-state index < -0.39 is 0 Å². The highest BCUT2D eigenvalue weighted by Crippen LogP contribution is 2.27. The van der Waals surface area contributed by atoms with E-state index in [0.29, 0.717) is 6.04 Å². The van der Waals surface area contributed by atoms with Gasteiger partial charge < -0.3 is 11.1 Å². The van der Waals surface area contributed by atoms with Gasteiger partial charge in [0, 0.05) is 19.1 Å². The molecule has 2 aliphatic rings. The Morgan fingerprint density at radius 1 is 1.17 bits per heavy atom. The van der Waals surface area contributed by atoms with Gasteiger partial charge in [-0.2, -0.15) is 0 Å². The third kappa shape index (κ3) is 3.45. The predicted octanol–water partition coefficient (Wildman–Crippen LogP) is 1.25. The zero-order valence-corrected chi connectivity index (χ0v) is 11.4. The molecule has 4 heteroatoms. The molecule has 1 unspecified atom stereocenters. The summed E-state index contributed by atoms with van der Waals surface area (Å²) in [7, 11) is 0. The largest absolute Gasteiger partial charge is 0.355 e. The Kier molecular flexibility index (Phi) is 5.45. The standard InChI is InChI=1S/C14H27N3O/c15-9-5-11-17(12-6-1-2-7-12)13-8-3-4-10-16-14(13)18/h12-13H,1-11,15H2,(H,16,18). The summed E-state index contributed by atoms with van der Waals surface area (Å²) in [6.07, 6.45) is 9.46. The van der Waals surface area contributed by atoms with Gasteiger partial charge in [0.15, 0.2) is 0 Å². The Morgan fingerprint density at radius 3 is 2.61 bits per heavy atom. The van der Waals surface area contributed by atoms with E-state index in [1.54, 1.807) is 0 Å². The summed E-state index contributed by atoms with van der Waals surface area (Å²) in [5.41, 5.74) is 5.64. The molecule has 0 aromatic heterocycles. The Labute approximate surface area is 110 Å². The van der Waals surface area contributed by atoms with Crippen LogP contribution in [0.5, 0.6) is 0 Å². The predicted molar refractivity (Wildman–Crippen MR) is 73.3 cm³/mol. The maximum Gasteiger partial charge on any atom is 0.237 e. The summed E-state index contributed by atoms with van der Waals surface area (Å²) in [5.74, 6) is 0.247. The van der Waals surface area contributed by atoms with Crippen molar-refractivity contribution < 1.29 is 4.79 Å². The summed E-state index contributed by atoms with van der Waals surface area (Å²) >= 11 is 0. The van der Waals surface area contributed by atoms with Crippen LogP contribution in [0.2, 0.25) is 0 Å². The fourth-order valence-electron chi connectivity index (χ4n) is 3.34. The van der Waals surface area contributed by atoms with Gasteiger partial charge in [-0.15, -0.1) is 0 Å². The first-order chi connectivity index (χ1) is 8.83. The van der Waals surface area contributed by atoms with Gasteiger partial charge in [-0.3, -0.25) is 9.69 Å². The van der Waals surface area contributed by atoms with Gasteiger partial charge in [0.2, 0.25) is 5.91 Å². The third-order valence-electron chi connectivity index (χ3n) is 4.32. The lowest BCUT2D eigenvalue weighted by Crippen LogP contribution is -2.50. The number of nitrogens with one attached hydrogen (secondary N) is 1. The van der Waals surface area contributed by atoms with Crippen LogP contribution >= 0.6 is 0 Å². The van der Waals surface area contributed by atoms with Gasteiger partial charge in [0.05, 0.1) is 6.04 Å². The Hall–Kier alpha value is -0.610. The minimum Gasteiger partial charge on any atom is -0.355 e. The van der Waals surface area contributed by atoms with E-state index in [1.165, 1.54) is 25.7 Å². The molecule has 1 aliphatic carbocycles. The van der Waals surface area contributed by atoms with Crippen molar-refractivity contribution in [3.8, 4) is 0 Å². The first-order valence-corrected chi connectivity index (χ1v) is 7.56. The number of carbonyl (C=O) groups excluding carboxylic acids is 1. The van der Waals surface area contributed by atoms with Crippen molar-refractivity contribution in [2.75, 3.05) is 19.6 Å². The molecule has 4 nitrogen and oxygen atoms in total. The summed E-state index contributed by atoms with van der Waals surface area (Å²) in [6, 6.07) is 0.715. The summed E-state index contributed by atoms with van der Waals surface area (Å²) < 4.78 is 0. The molecule has 1 amide bonds. The van der Waals surface area contributed by atoms with E-state index in [4.69, 9.17) is 5.73 Å². The zero-order chi connectivity index (χ0) is 12.8. The molecule has 0 aromatic carbocycles. The van der Waals surface area contributed by atoms with Crippen molar-refractivity contribution in [2.45, 2.75) is 63.5 Å². The van der Waals surface area contributed by atoms with Crippen LogP contribution in [0.25, 0.3) is 0 Å². The van der Waals surface area contributed by atoms with Gasteiger partial charge in [-0.05, 0) is 45.1 Å². The maximum atomic E-state index is 12.2. The van der Waals surface area contributed by atoms with E-state index in [1.807, 2.05) is 0 Å². The molecule has 2 rings (SSSR count). The lowest BCUT2D eigenvalue weighted by Gasteiger charge is -2.35. The van der Waals surface area contributed by atoms with Crippen LogP contribution in [0.15, 0.2) is 0 Å². The normalized spacial score (nSPS) is 26.3. The van der Waals surface area contributed by atoms with E-state index in [0.717, 1.165) is 45.3 Å². The molecular weight excluding hydrogens is 226 g/mol. The number of hydrogen-bond acceptors (Lipinski definition) is 3. The topological polar surface area (TPSA) is 58.4 Å². The molecule has 3 N–H and O–H groups in total. The van der Waals surface area contributed by atoms with Gasteiger partial charge in [0.25, 0.3) is 0 Å². The van der Waals surface area contributed by atoms with Crippen molar-refractivity contribution in [3.63, 3.8) is 0 Å². The fraction of sp³-hybridized carbons (Fsp3) is 0.929. The summed E-state index contributed by atoms with van der Waals surface area (Å²) in [4.78, 5) is 14.7. The molecule has 1 saturated heterocycles. The van der Waals surface area contributed by atoms with Gasteiger partial charge in [0.1, 0.15) is 0 Å². The molecule has 0 bridgehead atoms. The minimum atomic E-state index is 0.0992. The van der Waals surface area contributed by atoms with Crippen molar-refractivity contribution in [3.05, 3.63) is 0 Å². The number of rotatable bonds is 5. The number of nitrogens with zero attached hydrogens (tertiary/aromatic N) is 1. The number of hydrogen-bond donors (Lipinski definition) is 2. The lowest BCUT2D eigenvalue weighted by molar-refractivity contribution is -0.127.